The van der Waals surface area contributed by atoms with E-state index >= 15 is 0 Å². The lowest BCUT2D eigenvalue weighted by atomic mass is 10.2. The average molecular weight is 340 g/mol. The lowest BCUT2D eigenvalue weighted by Crippen LogP contribution is -2.22. The number of hydrogen-bond donors (Lipinski definition) is 2. The first-order valence-electron chi connectivity index (χ1n) is 6.18. The second-order valence-corrected chi connectivity index (χ2v) is 5.20. The molecule has 120 valence electrons. The van der Waals surface area contributed by atoms with Crippen LogP contribution in [-0.2, 0) is 9.53 Å². The molecule has 1 heterocycles. The van der Waals surface area contributed by atoms with E-state index in [1.807, 2.05) is 0 Å². The van der Waals surface area contributed by atoms with E-state index < -0.39 is 36.0 Å². The minimum Gasteiger partial charge on any atom is -0.452 e. The van der Waals surface area contributed by atoms with Crippen LogP contribution in [0.15, 0.2) is 29.6 Å². The van der Waals surface area contributed by atoms with Crippen molar-refractivity contribution in [2.45, 2.75) is 0 Å². The number of rotatable bonds is 5. The van der Waals surface area contributed by atoms with Crippen LogP contribution in [0.1, 0.15) is 20.7 Å². The third-order valence-electron chi connectivity index (χ3n) is 2.67. The van der Waals surface area contributed by atoms with Gasteiger partial charge in [-0.3, -0.25) is 9.59 Å². The van der Waals surface area contributed by atoms with Crippen molar-refractivity contribution < 1.29 is 27.9 Å². The van der Waals surface area contributed by atoms with Gasteiger partial charge in [0.05, 0.1) is 11.1 Å². The third kappa shape index (κ3) is 4.10. The van der Waals surface area contributed by atoms with Crippen molar-refractivity contribution in [3.63, 3.8) is 0 Å². The summed E-state index contributed by atoms with van der Waals surface area (Å²) >= 11 is 1.08. The number of carbonyl (C=O) groups excluding carboxylic acids is 3. The van der Waals surface area contributed by atoms with Crippen LogP contribution >= 0.6 is 11.3 Å². The summed E-state index contributed by atoms with van der Waals surface area (Å²) in [6, 6.07) is 3.91. The molecule has 0 fully saturated rings. The molecule has 2 amide bonds. The van der Waals surface area contributed by atoms with Crippen LogP contribution in [0.25, 0.3) is 0 Å². The van der Waals surface area contributed by atoms with Gasteiger partial charge < -0.3 is 15.8 Å². The van der Waals surface area contributed by atoms with Crippen LogP contribution in [0.3, 0.4) is 0 Å². The number of halogens is 2. The highest BCUT2D eigenvalue weighted by Gasteiger charge is 2.15. The zero-order valence-corrected chi connectivity index (χ0v) is 12.3. The number of nitrogens with one attached hydrogen (secondary N) is 1. The maximum atomic E-state index is 13.0. The monoisotopic (exact) mass is 340 g/mol. The number of ether oxygens (including phenoxy) is 1. The molecular formula is C14H10F2N2O4S. The molecule has 0 atom stereocenters. The molecule has 2 rings (SSSR count). The Morgan fingerprint density at radius 2 is 1.91 bits per heavy atom. The minimum atomic E-state index is -1.20. The van der Waals surface area contributed by atoms with Crippen LogP contribution in [0.5, 0.6) is 0 Å². The molecule has 9 heteroatoms. The highest BCUT2D eigenvalue weighted by Crippen LogP contribution is 2.22. The van der Waals surface area contributed by atoms with Crippen molar-refractivity contribution in [2.75, 3.05) is 11.9 Å². The summed E-state index contributed by atoms with van der Waals surface area (Å²) in [4.78, 5) is 34.4. The minimum absolute atomic E-state index is 0.135. The summed E-state index contributed by atoms with van der Waals surface area (Å²) < 4.78 is 30.5. The summed E-state index contributed by atoms with van der Waals surface area (Å²) in [5.41, 5.74) is 5.03. The zero-order valence-electron chi connectivity index (χ0n) is 11.5. The fraction of sp³-hybridized carbons (Fsp3) is 0.0714. The van der Waals surface area contributed by atoms with Gasteiger partial charge >= 0.3 is 5.97 Å². The Bertz CT molecular complexity index is 776. The van der Waals surface area contributed by atoms with Crippen LogP contribution in [-0.4, -0.2) is 24.4 Å². The summed E-state index contributed by atoms with van der Waals surface area (Å²) in [5, 5.41) is 4.15. The second-order valence-electron chi connectivity index (χ2n) is 4.28. The molecule has 1 aromatic heterocycles. The van der Waals surface area contributed by atoms with E-state index in [4.69, 9.17) is 5.73 Å². The van der Waals surface area contributed by atoms with E-state index in [9.17, 15) is 23.2 Å². The molecule has 2 aromatic rings. The maximum absolute atomic E-state index is 13.0. The predicted molar refractivity (Wildman–Crippen MR) is 78.1 cm³/mol. The van der Waals surface area contributed by atoms with Crippen molar-refractivity contribution in [1.82, 2.24) is 0 Å². The summed E-state index contributed by atoms with van der Waals surface area (Å²) in [6.07, 6.45) is 0. The molecule has 6 nitrogen and oxygen atoms in total. The molecule has 0 aliphatic rings. The zero-order chi connectivity index (χ0) is 17.0. The van der Waals surface area contributed by atoms with E-state index in [0.717, 1.165) is 23.5 Å². The number of anilines is 1. The number of esters is 1. The molecule has 0 saturated heterocycles. The molecule has 0 aliphatic carbocycles. The molecule has 0 aliphatic heterocycles. The van der Waals surface area contributed by atoms with Gasteiger partial charge in [-0.1, -0.05) is 0 Å². The first-order valence-corrected chi connectivity index (χ1v) is 7.05. The molecule has 0 spiro atoms. The van der Waals surface area contributed by atoms with Gasteiger partial charge in [0.25, 0.3) is 11.8 Å². The Morgan fingerprint density at radius 3 is 2.57 bits per heavy atom. The van der Waals surface area contributed by atoms with Gasteiger partial charge in [-0.05, 0) is 29.6 Å². The fourth-order valence-electron chi connectivity index (χ4n) is 1.60. The summed E-state index contributed by atoms with van der Waals surface area (Å²) in [7, 11) is 0. The summed E-state index contributed by atoms with van der Waals surface area (Å²) in [5.74, 6) is -4.70. The van der Waals surface area contributed by atoms with Crippen molar-refractivity contribution in [1.29, 1.82) is 0 Å². The van der Waals surface area contributed by atoms with Gasteiger partial charge in [-0.2, -0.15) is 0 Å². The third-order valence-corrected chi connectivity index (χ3v) is 3.50. The number of primary amides is 1. The first kappa shape index (κ1) is 16.6. The predicted octanol–water partition coefficient (Wildman–Crippen LogP) is 1.92. The Morgan fingerprint density at radius 1 is 1.17 bits per heavy atom. The van der Waals surface area contributed by atoms with Crippen molar-refractivity contribution in [3.8, 4) is 0 Å². The number of carbonyl (C=O) groups is 3. The molecular weight excluding hydrogens is 330 g/mol. The van der Waals surface area contributed by atoms with Crippen molar-refractivity contribution in [2.24, 2.45) is 5.73 Å². The van der Waals surface area contributed by atoms with Gasteiger partial charge in [0, 0.05) is 0 Å². The van der Waals surface area contributed by atoms with Crippen LogP contribution in [0.2, 0.25) is 0 Å². The highest BCUT2D eigenvalue weighted by molar-refractivity contribution is 7.14. The Hall–Kier alpha value is -2.81. The lowest BCUT2D eigenvalue weighted by Gasteiger charge is -2.06. The number of amides is 2. The highest BCUT2D eigenvalue weighted by atomic mass is 32.1. The smallest absolute Gasteiger partial charge is 0.338 e. The van der Waals surface area contributed by atoms with E-state index in [1.54, 1.807) is 5.38 Å². The van der Waals surface area contributed by atoms with Crippen molar-refractivity contribution in [3.05, 3.63) is 52.4 Å². The topological polar surface area (TPSA) is 98.5 Å². The first-order chi connectivity index (χ1) is 10.9. The molecule has 23 heavy (non-hydrogen) atoms. The van der Waals surface area contributed by atoms with E-state index in [1.165, 1.54) is 6.07 Å². The van der Waals surface area contributed by atoms with E-state index in [0.29, 0.717) is 6.07 Å². The largest absolute Gasteiger partial charge is 0.452 e. The SMILES string of the molecule is NC(=O)c1ccsc1NC(=O)COC(=O)c1ccc(F)c(F)c1. The molecule has 1 aromatic carbocycles. The van der Waals surface area contributed by atoms with Crippen LogP contribution in [0, 0.1) is 11.6 Å². The molecule has 3 N–H and O–H groups in total. The maximum Gasteiger partial charge on any atom is 0.338 e. The quantitative estimate of drug-likeness (QED) is 0.813. The average Bonchev–Trinajstić information content (AvgIpc) is 2.96. The molecule has 0 saturated carbocycles. The second kappa shape index (κ2) is 6.97. The van der Waals surface area contributed by atoms with Crippen molar-refractivity contribution >= 4 is 34.1 Å². The molecule has 0 bridgehead atoms. The van der Waals surface area contributed by atoms with Crippen LogP contribution in [0.4, 0.5) is 13.8 Å². The number of nitrogens with two attached hydrogens (primary N) is 1. The van der Waals surface area contributed by atoms with Gasteiger partial charge in [-0.25, -0.2) is 13.6 Å². The van der Waals surface area contributed by atoms with E-state index in [-0.39, 0.29) is 16.1 Å². The number of hydrogen-bond acceptors (Lipinski definition) is 5. The number of benzene rings is 1. The lowest BCUT2D eigenvalue weighted by molar-refractivity contribution is -0.119. The van der Waals surface area contributed by atoms with Crippen LogP contribution < -0.4 is 11.1 Å². The Balaban J connectivity index is 1.93. The fourth-order valence-corrected chi connectivity index (χ4v) is 2.41. The standard InChI is InChI=1S/C14H10F2N2O4S/c15-9-2-1-7(5-10(9)16)14(21)22-6-11(19)18-13-8(12(17)20)3-4-23-13/h1-5H,6H2,(H2,17,20)(H,18,19). The van der Waals surface area contributed by atoms with Gasteiger partial charge in [0.1, 0.15) is 5.00 Å². The van der Waals surface area contributed by atoms with Gasteiger partial charge in [0.15, 0.2) is 18.2 Å². The summed E-state index contributed by atoms with van der Waals surface area (Å²) in [6.45, 7) is -0.659. The Kier molecular flexibility index (Phi) is 5.02. The molecule has 0 unspecified atom stereocenters. The van der Waals surface area contributed by atoms with Gasteiger partial charge in [-0.15, -0.1) is 11.3 Å². The Labute approximate surface area is 132 Å². The number of thiophene rings is 1. The normalized spacial score (nSPS) is 10.2. The van der Waals surface area contributed by atoms with E-state index in [2.05, 4.69) is 10.1 Å². The van der Waals surface area contributed by atoms with Gasteiger partial charge in [0.2, 0.25) is 0 Å². The molecule has 0 radical (unpaired) electrons.